The van der Waals surface area contributed by atoms with E-state index in [4.69, 9.17) is 20.8 Å². The fraction of sp³-hybridized carbons (Fsp3) is 0.577. The van der Waals surface area contributed by atoms with Gasteiger partial charge in [0.25, 0.3) is 0 Å². The highest BCUT2D eigenvalue weighted by molar-refractivity contribution is 5.89. The van der Waals surface area contributed by atoms with E-state index in [-0.39, 0.29) is 22.9 Å². The third kappa shape index (κ3) is 6.45. The van der Waals surface area contributed by atoms with Crippen molar-refractivity contribution in [3.8, 4) is 0 Å². The Kier molecular flexibility index (Phi) is 9.41. The molecule has 4 atom stereocenters. The molecule has 0 radical (unpaired) electrons. The first-order valence-electron chi connectivity index (χ1n) is 11.8. The number of benzene rings is 1. The minimum atomic E-state index is -1.26. The molecule has 34 heavy (non-hydrogen) atoms. The summed E-state index contributed by atoms with van der Waals surface area (Å²) in [5, 5.41) is 31.0. The minimum Gasteiger partial charge on any atom is -0.478 e. The van der Waals surface area contributed by atoms with E-state index >= 15 is 0 Å². The molecule has 188 valence electrons. The van der Waals surface area contributed by atoms with Gasteiger partial charge in [0.05, 0.1) is 12.3 Å². The first kappa shape index (κ1) is 27.5. The lowest BCUT2D eigenvalue weighted by Gasteiger charge is -2.56. The maximum absolute atomic E-state index is 11.2. The number of hydrogen-bond donors (Lipinski definition) is 4. The standard InChI is InChI=1S/C22H34N2O2.C4H4O4/c1-15(2)16-6-7-18-17(12-16)13-19(25)20-21(3,14-24-26-11-10-23)8-5-9-22(18,20)4;5-3(6)1-2-4(7)8/h6-7,12,14-15,19-20,25H,5,8-11,13,23H2,1-4H3;1-2H,(H,5,6)(H,7,8)/b24-14+;2-1+/t19-,20?,21+,22+;/m0./s1. The van der Waals surface area contributed by atoms with E-state index in [1.165, 1.54) is 16.7 Å². The van der Waals surface area contributed by atoms with Gasteiger partial charge in [0, 0.05) is 30.0 Å². The Hall–Kier alpha value is -2.71. The molecule has 3 rings (SSSR count). The number of carbonyl (C=O) groups is 2. The molecule has 0 aromatic heterocycles. The number of carboxylic acids is 2. The molecule has 0 bridgehead atoms. The summed E-state index contributed by atoms with van der Waals surface area (Å²) in [5.74, 6) is -1.86. The number of aliphatic carboxylic acids is 2. The van der Waals surface area contributed by atoms with Crippen LogP contribution in [0, 0.1) is 11.3 Å². The maximum atomic E-state index is 11.2. The van der Waals surface area contributed by atoms with Crippen LogP contribution in [-0.4, -0.2) is 52.7 Å². The van der Waals surface area contributed by atoms with Gasteiger partial charge in [-0.1, -0.05) is 57.5 Å². The van der Waals surface area contributed by atoms with Gasteiger partial charge in [0.2, 0.25) is 0 Å². The number of hydrogen-bond acceptors (Lipinski definition) is 6. The van der Waals surface area contributed by atoms with Crippen LogP contribution in [0.25, 0.3) is 0 Å². The Balaban J connectivity index is 0.000000440. The van der Waals surface area contributed by atoms with Gasteiger partial charge in [0.1, 0.15) is 6.61 Å². The van der Waals surface area contributed by atoms with Crippen LogP contribution in [0.2, 0.25) is 0 Å². The molecule has 8 heteroatoms. The first-order chi connectivity index (χ1) is 15.9. The smallest absolute Gasteiger partial charge is 0.328 e. The van der Waals surface area contributed by atoms with Crippen molar-refractivity contribution in [2.45, 2.75) is 70.8 Å². The molecule has 1 unspecified atom stereocenters. The Morgan fingerprint density at radius 1 is 1.21 bits per heavy atom. The molecule has 0 aliphatic heterocycles. The molecular formula is C26H38N2O6. The molecular weight excluding hydrogens is 436 g/mol. The van der Waals surface area contributed by atoms with Crippen LogP contribution in [-0.2, 0) is 26.3 Å². The molecule has 0 heterocycles. The quantitative estimate of drug-likeness (QED) is 0.205. The first-order valence-corrected chi connectivity index (χ1v) is 11.8. The van der Waals surface area contributed by atoms with E-state index in [1.807, 2.05) is 6.21 Å². The number of aliphatic hydroxyl groups is 1. The second-order valence-electron chi connectivity index (χ2n) is 9.96. The number of rotatable bonds is 7. The molecule has 8 nitrogen and oxygen atoms in total. The summed E-state index contributed by atoms with van der Waals surface area (Å²) in [4.78, 5) is 24.4. The number of nitrogens with zero attached hydrogens (tertiary/aromatic N) is 1. The van der Waals surface area contributed by atoms with Crippen LogP contribution >= 0.6 is 0 Å². The molecule has 1 fully saturated rings. The Bertz CT molecular complexity index is 912. The topological polar surface area (TPSA) is 142 Å². The number of nitrogens with two attached hydrogens (primary N) is 1. The Labute approximate surface area is 201 Å². The van der Waals surface area contributed by atoms with E-state index in [9.17, 15) is 14.7 Å². The van der Waals surface area contributed by atoms with Crippen LogP contribution in [0.3, 0.4) is 0 Å². The molecule has 1 aromatic rings. The zero-order chi connectivity index (χ0) is 25.5. The monoisotopic (exact) mass is 474 g/mol. The zero-order valence-corrected chi connectivity index (χ0v) is 20.5. The predicted octanol–water partition coefficient (Wildman–Crippen LogP) is 3.46. The fourth-order valence-electron chi connectivity index (χ4n) is 5.63. The predicted molar refractivity (Wildman–Crippen MR) is 131 cm³/mol. The van der Waals surface area contributed by atoms with Gasteiger partial charge in [-0.25, -0.2) is 9.59 Å². The highest BCUT2D eigenvalue weighted by atomic mass is 16.6. The Morgan fingerprint density at radius 2 is 1.85 bits per heavy atom. The normalized spacial score (nSPS) is 28.2. The third-order valence-corrected chi connectivity index (χ3v) is 7.03. The lowest BCUT2D eigenvalue weighted by atomic mass is 9.49. The molecule has 2 aliphatic rings. The second kappa shape index (κ2) is 11.6. The molecule has 1 aromatic carbocycles. The van der Waals surface area contributed by atoms with Gasteiger partial charge in [-0.2, -0.15) is 0 Å². The van der Waals surface area contributed by atoms with Crippen LogP contribution in [0.5, 0.6) is 0 Å². The number of aliphatic hydroxyl groups excluding tert-OH is 1. The number of carboxylic acid groups (broad SMARTS) is 2. The third-order valence-electron chi connectivity index (χ3n) is 7.03. The van der Waals surface area contributed by atoms with Crippen molar-refractivity contribution in [3.63, 3.8) is 0 Å². The van der Waals surface area contributed by atoms with Crippen LogP contribution in [0.4, 0.5) is 0 Å². The largest absolute Gasteiger partial charge is 0.478 e. The summed E-state index contributed by atoms with van der Waals surface area (Å²) in [7, 11) is 0. The maximum Gasteiger partial charge on any atom is 0.328 e. The van der Waals surface area contributed by atoms with E-state index in [0.717, 1.165) is 25.7 Å². The molecule has 0 spiro atoms. The zero-order valence-electron chi connectivity index (χ0n) is 20.5. The van der Waals surface area contributed by atoms with Crippen LogP contribution in [0.1, 0.15) is 69.6 Å². The van der Waals surface area contributed by atoms with Crippen molar-refractivity contribution in [1.82, 2.24) is 0 Å². The highest BCUT2D eigenvalue weighted by Gasteiger charge is 2.55. The Morgan fingerprint density at radius 3 is 2.41 bits per heavy atom. The van der Waals surface area contributed by atoms with Gasteiger partial charge in [0.15, 0.2) is 0 Å². The molecule has 0 saturated heterocycles. The van der Waals surface area contributed by atoms with Crippen molar-refractivity contribution in [1.29, 1.82) is 0 Å². The van der Waals surface area contributed by atoms with Crippen molar-refractivity contribution < 1.29 is 29.7 Å². The van der Waals surface area contributed by atoms with Gasteiger partial charge in [-0.05, 0) is 47.3 Å². The van der Waals surface area contributed by atoms with E-state index < -0.39 is 11.9 Å². The summed E-state index contributed by atoms with van der Waals surface area (Å²) in [6.07, 6.45) is 6.68. The lowest BCUT2D eigenvalue weighted by Crippen LogP contribution is -2.56. The SMILES string of the molecule is CC(C)c1ccc2c(c1)C[C@H](O)C1[C@@](C)(/C=N/OCCN)CCC[C@]21C.O=C(O)/C=C/C(=O)O. The van der Waals surface area contributed by atoms with Crippen molar-refractivity contribution in [2.24, 2.45) is 22.2 Å². The number of fused-ring (bicyclic) bond motifs is 3. The minimum absolute atomic E-state index is 0.0323. The average Bonchev–Trinajstić information content (AvgIpc) is 2.75. The highest BCUT2D eigenvalue weighted by Crippen LogP contribution is 2.56. The van der Waals surface area contributed by atoms with Crippen molar-refractivity contribution >= 4 is 18.2 Å². The van der Waals surface area contributed by atoms with Crippen molar-refractivity contribution in [3.05, 3.63) is 47.0 Å². The lowest BCUT2D eigenvalue weighted by molar-refractivity contribution is -0.134. The summed E-state index contributed by atoms with van der Waals surface area (Å²) < 4.78 is 0. The van der Waals surface area contributed by atoms with E-state index in [1.54, 1.807) is 0 Å². The summed E-state index contributed by atoms with van der Waals surface area (Å²) in [6, 6.07) is 6.90. The molecule has 1 saturated carbocycles. The van der Waals surface area contributed by atoms with Crippen molar-refractivity contribution in [2.75, 3.05) is 13.2 Å². The summed E-state index contributed by atoms with van der Waals surface area (Å²) in [5.41, 5.74) is 9.37. The van der Waals surface area contributed by atoms with E-state index in [0.29, 0.717) is 31.2 Å². The summed E-state index contributed by atoms with van der Waals surface area (Å²) >= 11 is 0. The fourth-order valence-corrected chi connectivity index (χ4v) is 5.63. The van der Waals surface area contributed by atoms with Crippen LogP contribution < -0.4 is 5.73 Å². The van der Waals surface area contributed by atoms with Gasteiger partial charge < -0.3 is 25.9 Å². The second-order valence-corrected chi connectivity index (χ2v) is 9.96. The molecule has 0 amide bonds. The van der Waals surface area contributed by atoms with Gasteiger partial charge in [-0.15, -0.1) is 0 Å². The molecule has 2 aliphatic carbocycles. The summed E-state index contributed by atoms with van der Waals surface area (Å²) in [6.45, 7) is 9.89. The van der Waals surface area contributed by atoms with Gasteiger partial charge in [-0.3, -0.25) is 0 Å². The average molecular weight is 475 g/mol. The van der Waals surface area contributed by atoms with Gasteiger partial charge >= 0.3 is 11.9 Å². The molecule has 5 N–H and O–H groups in total. The van der Waals surface area contributed by atoms with E-state index in [2.05, 4.69) is 51.0 Å². The van der Waals surface area contributed by atoms with Crippen LogP contribution in [0.15, 0.2) is 35.5 Å². The number of oxime groups is 1.